The monoisotopic (exact) mass is 371 g/mol. The number of carbonyl (C=O) groups is 1. The molecule has 2 rings (SSSR count). The Morgan fingerprint density at radius 2 is 1.74 bits per heavy atom. The van der Waals surface area contributed by atoms with Crippen molar-refractivity contribution in [2.45, 2.75) is 20.3 Å². The number of benzene rings is 1. The molecule has 0 atom stereocenters. The summed E-state index contributed by atoms with van der Waals surface area (Å²) in [5.74, 6) is 2.25. The standard InChI is InChI=1S/C21H29N3O3/c1-6-24(7-2)20-11-9-17(15-22-20)21(25)23(3)13-12-16-8-10-18(26-4)19(14-16)27-5/h8-11,14-15H,6-7,12-13H2,1-5H3. The number of ether oxygens (including phenoxy) is 2. The number of carbonyl (C=O) groups excluding carboxylic acids is 1. The summed E-state index contributed by atoms with van der Waals surface area (Å²) in [5.41, 5.74) is 1.68. The molecule has 27 heavy (non-hydrogen) atoms. The number of methoxy groups -OCH3 is 2. The highest BCUT2D eigenvalue weighted by molar-refractivity contribution is 5.93. The maximum atomic E-state index is 12.6. The second kappa shape index (κ2) is 9.80. The third-order valence-corrected chi connectivity index (χ3v) is 4.61. The van der Waals surface area contributed by atoms with Crippen molar-refractivity contribution in [3.05, 3.63) is 47.7 Å². The van der Waals surface area contributed by atoms with Gasteiger partial charge in [-0.15, -0.1) is 0 Å². The van der Waals surface area contributed by atoms with E-state index in [1.807, 2.05) is 30.3 Å². The number of pyridine rings is 1. The summed E-state index contributed by atoms with van der Waals surface area (Å²) in [5, 5.41) is 0. The Morgan fingerprint density at radius 3 is 2.30 bits per heavy atom. The Kier molecular flexibility index (Phi) is 7.46. The number of hydrogen-bond donors (Lipinski definition) is 0. The molecule has 0 N–H and O–H groups in total. The molecule has 1 heterocycles. The molecule has 0 saturated heterocycles. The van der Waals surface area contributed by atoms with Crippen LogP contribution in [0.25, 0.3) is 0 Å². The molecular formula is C21H29N3O3. The van der Waals surface area contributed by atoms with Crippen LogP contribution in [0.4, 0.5) is 5.82 Å². The first kappa shape index (κ1) is 20.6. The second-order valence-corrected chi connectivity index (χ2v) is 6.24. The SMILES string of the molecule is CCN(CC)c1ccc(C(=O)N(C)CCc2ccc(OC)c(OC)c2)cn1. The first-order valence-corrected chi connectivity index (χ1v) is 9.21. The summed E-state index contributed by atoms with van der Waals surface area (Å²) in [6, 6.07) is 9.56. The molecule has 1 amide bonds. The Hall–Kier alpha value is -2.76. The Balaban J connectivity index is 1.99. The van der Waals surface area contributed by atoms with Gasteiger partial charge in [-0.2, -0.15) is 0 Å². The zero-order chi connectivity index (χ0) is 19.8. The van der Waals surface area contributed by atoms with Gasteiger partial charge in [0.15, 0.2) is 11.5 Å². The van der Waals surface area contributed by atoms with Gasteiger partial charge in [-0.3, -0.25) is 4.79 Å². The lowest BCUT2D eigenvalue weighted by molar-refractivity contribution is 0.0796. The van der Waals surface area contributed by atoms with Crippen molar-refractivity contribution in [3.8, 4) is 11.5 Å². The van der Waals surface area contributed by atoms with Crippen LogP contribution >= 0.6 is 0 Å². The molecule has 0 aliphatic rings. The van der Waals surface area contributed by atoms with E-state index in [1.165, 1.54) is 0 Å². The van der Waals surface area contributed by atoms with Crippen LogP contribution in [0.1, 0.15) is 29.8 Å². The molecule has 0 fully saturated rings. The maximum Gasteiger partial charge on any atom is 0.255 e. The van der Waals surface area contributed by atoms with Gasteiger partial charge in [0, 0.05) is 32.9 Å². The lowest BCUT2D eigenvalue weighted by atomic mass is 10.1. The molecule has 6 heteroatoms. The molecule has 0 radical (unpaired) electrons. The van der Waals surface area contributed by atoms with E-state index in [-0.39, 0.29) is 5.91 Å². The Morgan fingerprint density at radius 1 is 1.04 bits per heavy atom. The minimum atomic E-state index is -0.0333. The zero-order valence-corrected chi connectivity index (χ0v) is 16.9. The number of hydrogen-bond acceptors (Lipinski definition) is 5. The lowest BCUT2D eigenvalue weighted by Gasteiger charge is -2.21. The molecule has 0 aliphatic carbocycles. The molecule has 0 aliphatic heterocycles. The number of aromatic nitrogens is 1. The molecule has 146 valence electrons. The predicted octanol–water partition coefficient (Wildman–Crippen LogP) is 3.26. The van der Waals surface area contributed by atoms with Gasteiger partial charge in [-0.05, 0) is 50.1 Å². The molecule has 0 bridgehead atoms. The normalized spacial score (nSPS) is 10.4. The van der Waals surface area contributed by atoms with Crippen LogP contribution in [-0.2, 0) is 6.42 Å². The van der Waals surface area contributed by atoms with Crippen LogP contribution < -0.4 is 14.4 Å². The summed E-state index contributed by atoms with van der Waals surface area (Å²) in [6.45, 7) is 6.56. The molecule has 2 aromatic rings. The fraction of sp³-hybridized carbons (Fsp3) is 0.429. The van der Waals surface area contributed by atoms with E-state index in [0.29, 0.717) is 23.6 Å². The summed E-state index contributed by atoms with van der Waals surface area (Å²) in [6.07, 6.45) is 2.39. The quantitative estimate of drug-likeness (QED) is 0.677. The van der Waals surface area contributed by atoms with E-state index in [4.69, 9.17) is 9.47 Å². The fourth-order valence-electron chi connectivity index (χ4n) is 2.90. The van der Waals surface area contributed by atoms with Crippen LogP contribution in [0, 0.1) is 0 Å². The van der Waals surface area contributed by atoms with E-state index in [1.54, 1.807) is 32.4 Å². The van der Waals surface area contributed by atoms with Crippen LogP contribution in [0.5, 0.6) is 11.5 Å². The van der Waals surface area contributed by atoms with E-state index < -0.39 is 0 Å². The van der Waals surface area contributed by atoms with E-state index in [0.717, 1.165) is 30.9 Å². The Labute approximate surface area is 161 Å². The summed E-state index contributed by atoms with van der Waals surface area (Å²) < 4.78 is 10.6. The van der Waals surface area contributed by atoms with Gasteiger partial charge in [0.25, 0.3) is 5.91 Å². The van der Waals surface area contributed by atoms with E-state index in [9.17, 15) is 4.79 Å². The third-order valence-electron chi connectivity index (χ3n) is 4.61. The van der Waals surface area contributed by atoms with Gasteiger partial charge in [-0.25, -0.2) is 4.98 Å². The second-order valence-electron chi connectivity index (χ2n) is 6.24. The van der Waals surface area contributed by atoms with Gasteiger partial charge in [0.1, 0.15) is 5.82 Å². The number of amides is 1. The zero-order valence-electron chi connectivity index (χ0n) is 16.9. The van der Waals surface area contributed by atoms with Crippen molar-refractivity contribution in [1.82, 2.24) is 9.88 Å². The molecule has 1 aromatic heterocycles. The topological polar surface area (TPSA) is 54.9 Å². The number of rotatable bonds is 9. The highest BCUT2D eigenvalue weighted by Gasteiger charge is 2.14. The molecule has 0 saturated carbocycles. The maximum absolute atomic E-state index is 12.6. The minimum Gasteiger partial charge on any atom is -0.493 e. The van der Waals surface area contributed by atoms with Gasteiger partial charge in [0.05, 0.1) is 19.8 Å². The number of likely N-dealkylation sites (N-methyl/N-ethyl adjacent to an activating group) is 1. The molecule has 0 unspecified atom stereocenters. The molecule has 6 nitrogen and oxygen atoms in total. The van der Waals surface area contributed by atoms with Crippen molar-refractivity contribution in [3.63, 3.8) is 0 Å². The van der Waals surface area contributed by atoms with Gasteiger partial charge < -0.3 is 19.3 Å². The van der Waals surface area contributed by atoms with Crippen molar-refractivity contribution in [2.24, 2.45) is 0 Å². The van der Waals surface area contributed by atoms with E-state index in [2.05, 4.69) is 23.7 Å². The highest BCUT2D eigenvalue weighted by Crippen LogP contribution is 2.27. The third kappa shape index (κ3) is 5.12. The predicted molar refractivity (Wildman–Crippen MR) is 108 cm³/mol. The molecule has 0 spiro atoms. The van der Waals surface area contributed by atoms with Crippen molar-refractivity contribution in [2.75, 3.05) is 45.8 Å². The minimum absolute atomic E-state index is 0.0333. The van der Waals surface area contributed by atoms with Crippen molar-refractivity contribution in [1.29, 1.82) is 0 Å². The lowest BCUT2D eigenvalue weighted by Crippen LogP contribution is -2.29. The Bertz CT molecular complexity index is 743. The van der Waals surface area contributed by atoms with Gasteiger partial charge >= 0.3 is 0 Å². The largest absolute Gasteiger partial charge is 0.493 e. The van der Waals surface area contributed by atoms with Gasteiger partial charge in [0.2, 0.25) is 0 Å². The average Bonchev–Trinajstić information content (AvgIpc) is 2.72. The molecule has 1 aromatic carbocycles. The molecular weight excluding hydrogens is 342 g/mol. The average molecular weight is 371 g/mol. The van der Waals surface area contributed by atoms with Crippen molar-refractivity contribution < 1.29 is 14.3 Å². The fourth-order valence-corrected chi connectivity index (χ4v) is 2.90. The van der Waals surface area contributed by atoms with Crippen LogP contribution in [-0.4, -0.2) is 56.7 Å². The van der Waals surface area contributed by atoms with Crippen LogP contribution in [0.2, 0.25) is 0 Å². The number of anilines is 1. The summed E-state index contributed by atoms with van der Waals surface area (Å²) in [7, 11) is 5.04. The van der Waals surface area contributed by atoms with E-state index >= 15 is 0 Å². The van der Waals surface area contributed by atoms with Crippen LogP contribution in [0.3, 0.4) is 0 Å². The highest BCUT2D eigenvalue weighted by atomic mass is 16.5. The number of nitrogens with zero attached hydrogens (tertiary/aromatic N) is 3. The van der Waals surface area contributed by atoms with Crippen molar-refractivity contribution >= 4 is 11.7 Å². The first-order chi connectivity index (χ1) is 13.0. The first-order valence-electron chi connectivity index (χ1n) is 9.21. The summed E-state index contributed by atoms with van der Waals surface area (Å²) >= 11 is 0. The van der Waals surface area contributed by atoms with Crippen LogP contribution in [0.15, 0.2) is 36.5 Å². The smallest absolute Gasteiger partial charge is 0.255 e. The summed E-state index contributed by atoms with van der Waals surface area (Å²) in [4.78, 5) is 20.9. The van der Waals surface area contributed by atoms with Gasteiger partial charge in [-0.1, -0.05) is 6.07 Å².